The summed E-state index contributed by atoms with van der Waals surface area (Å²) in [5.41, 5.74) is 0. The quantitative estimate of drug-likeness (QED) is 0.578. The van der Waals surface area contributed by atoms with Crippen molar-refractivity contribution >= 4 is 0 Å². The summed E-state index contributed by atoms with van der Waals surface area (Å²) in [6, 6.07) is 0. The second-order valence-corrected chi connectivity index (χ2v) is 0.289. The first-order chi connectivity index (χ1) is 1.41. The van der Waals surface area contributed by atoms with Gasteiger partial charge in [0.25, 0.3) is 0 Å². The van der Waals surface area contributed by atoms with E-state index in [1.54, 1.807) is 0 Å². The molecule has 22 valence electrons. The van der Waals surface area contributed by atoms with Gasteiger partial charge in [-0.15, -0.1) is 0 Å². The van der Waals surface area contributed by atoms with Gasteiger partial charge in [0.1, 0.15) is 0 Å². The Bertz CT molecular complexity index is 10.8. The predicted octanol–water partition coefficient (Wildman–Crippen LogP) is 1.01. The molecule has 0 aromatic rings. The maximum atomic E-state index is 3.25. The summed E-state index contributed by atoms with van der Waals surface area (Å²) in [5.74, 6) is 0. The predicted molar refractivity (Wildman–Crippen MR) is 15.6 cm³/mol. The Balaban J connectivity index is 0. The van der Waals surface area contributed by atoms with E-state index in [-0.39, 0.29) is 39.9 Å². The van der Waals surface area contributed by atoms with E-state index in [2.05, 4.69) is 13.5 Å². The van der Waals surface area contributed by atoms with Gasteiger partial charge in [0, 0.05) is 39.9 Å². The van der Waals surface area contributed by atoms with Crippen LogP contribution in [0.2, 0.25) is 0 Å². The summed E-state index contributed by atoms with van der Waals surface area (Å²) < 4.78 is 0. The summed E-state index contributed by atoms with van der Waals surface area (Å²) in [6.45, 7) is 6.50. The number of rotatable bonds is 0. The molecule has 0 spiro atoms. The number of hydrogen-bond donors (Lipinski definition) is 0. The van der Waals surface area contributed by atoms with Crippen molar-refractivity contribution in [3.05, 3.63) is 19.6 Å². The molecule has 0 amide bonds. The minimum atomic E-state index is 0. The van der Waals surface area contributed by atoms with Crippen LogP contribution in [0.25, 0.3) is 0 Å². The Kier molecular flexibility index (Phi) is 20.1. The molecule has 0 aliphatic rings. The van der Waals surface area contributed by atoms with Crippen molar-refractivity contribution in [2.75, 3.05) is 0 Å². The minimum absolute atomic E-state index is 0. The molecule has 0 heterocycles. The molecule has 0 N–H and O–H groups in total. The topological polar surface area (TPSA) is 0 Å². The van der Waals surface area contributed by atoms with Crippen LogP contribution in [0.5, 0.6) is 0 Å². The zero-order chi connectivity index (χ0) is 2.71. The molecular formula is C3H5Th-. The Hall–Kier alpha value is 0.935. The molecule has 0 bridgehead atoms. The van der Waals surface area contributed by atoms with E-state index >= 15 is 0 Å². The van der Waals surface area contributed by atoms with Crippen molar-refractivity contribution in [1.29, 1.82) is 0 Å². The monoisotopic (exact) mass is 273 g/mol. The van der Waals surface area contributed by atoms with Crippen LogP contribution in [0.3, 0.4) is 0 Å². The fraction of sp³-hybridized carbons (Fsp3) is 0. The van der Waals surface area contributed by atoms with E-state index in [1.807, 2.05) is 0 Å². The third-order valence-electron chi connectivity index (χ3n) is 0. The number of hydrogen-bond acceptors (Lipinski definition) is 0. The standard InChI is InChI=1S/C3H5.Th/c1-3-2;/h3H,1-2H2;/q-1;. The van der Waals surface area contributed by atoms with Gasteiger partial charge in [-0.1, -0.05) is 0 Å². The van der Waals surface area contributed by atoms with Gasteiger partial charge in [0.2, 0.25) is 0 Å². The van der Waals surface area contributed by atoms with E-state index < -0.39 is 0 Å². The summed E-state index contributed by atoms with van der Waals surface area (Å²) in [7, 11) is 0. The maximum absolute atomic E-state index is 3.25. The fourth-order valence-electron chi connectivity index (χ4n) is 0. The largest absolute Gasteiger partial charge is 0.245 e. The van der Waals surface area contributed by atoms with Gasteiger partial charge < -0.3 is 0 Å². The van der Waals surface area contributed by atoms with Gasteiger partial charge in [0.15, 0.2) is 0 Å². The van der Waals surface area contributed by atoms with Crippen molar-refractivity contribution in [1.82, 2.24) is 0 Å². The van der Waals surface area contributed by atoms with Crippen molar-refractivity contribution in [3.8, 4) is 0 Å². The normalized spacial score (nSPS) is 3.00. The summed E-state index contributed by atoms with van der Waals surface area (Å²) in [4.78, 5) is 0. The molecule has 4 heavy (non-hydrogen) atoms. The Morgan fingerprint density at radius 2 is 1.75 bits per heavy atom. The summed E-state index contributed by atoms with van der Waals surface area (Å²) >= 11 is 0. The van der Waals surface area contributed by atoms with Crippen molar-refractivity contribution in [3.63, 3.8) is 0 Å². The van der Waals surface area contributed by atoms with Gasteiger partial charge in [0.05, 0.1) is 0 Å². The molecule has 1 heteroatoms. The van der Waals surface area contributed by atoms with Crippen molar-refractivity contribution in [2.45, 2.75) is 0 Å². The van der Waals surface area contributed by atoms with Crippen LogP contribution in [-0.4, -0.2) is 0 Å². The average molecular weight is 273 g/mol. The van der Waals surface area contributed by atoms with Crippen molar-refractivity contribution in [2.24, 2.45) is 0 Å². The molecular weight excluding hydrogens is 268 g/mol. The van der Waals surface area contributed by atoms with Crippen LogP contribution in [-0.2, 0) is 0 Å². The molecule has 0 aromatic carbocycles. The van der Waals surface area contributed by atoms with Crippen LogP contribution in [0.15, 0.2) is 12.7 Å². The maximum Gasteiger partial charge on any atom is 0 e. The van der Waals surface area contributed by atoms with Crippen LogP contribution in [0.1, 0.15) is 0 Å². The zero-order valence-electron chi connectivity index (χ0n) is 2.49. The first-order valence-corrected chi connectivity index (χ1v) is 0.816. The first kappa shape index (κ1) is 8.87. The van der Waals surface area contributed by atoms with E-state index in [0.29, 0.717) is 0 Å². The van der Waals surface area contributed by atoms with Gasteiger partial charge in [-0.25, -0.2) is 19.6 Å². The molecule has 0 atom stereocenters. The van der Waals surface area contributed by atoms with E-state index in [4.69, 9.17) is 0 Å². The fourth-order valence-corrected chi connectivity index (χ4v) is 0. The van der Waals surface area contributed by atoms with Crippen molar-refractivity contribution < 1.29 is 39.9 Å². The molecule has 0 saturated heterocycles. The molecule has 0 aliphatic carbocycles. The minimum Gasteiger partial charge on any atom is -0.245 e. The smallest absolute Gasteiger partial charge is 0 e. The van der Waals surface area contributed by atoms with E-state index in [9.17, 15) is 0 Å². The molecule has 0 aromatic heterocycles. The molecule has 0 saturated carbocycles. The molecule has 0 aliphatic heterocycles. The van der Waals surface area contributed by atoms with Crippen LogP contribution in [0.4, 0.5) is 0 Å². The van der Waals surface area contributed by atoms with Gasteiger partial charge >= 0.3 is 0 Å². The van der Waals surface area contributed by atoms with Crippen LogP contribution >= 0.6 is 0 Å². The SMILES string of the molecule is C=C[CH2-].[Th]. The Morgan fingerprint density at radius 3 is 1.75 bits per heavy atom. The molecule has 0 unspecified atom stereocenters. The van der Waals surface area contributed by atoms with E-state index in [0.717, 1.165) is 0 Å². The van der Waals surface area contributed by atoms with Gasteiger partial charge in [-0.05, 0) is 0 Å². The Morgan fingerprint density at radius 1 is 1.75 bits per heavy atom. The van der Waals surface area contributed by atoms with E-state index in [1.165, 1.54) is 6.08 Å². The summed E-state index contributed by atoms with van der Waals surface area (Å²) in [5, 5.41) is 0. The average Bonchev–Trinajstić information content (AvgIpc) is 0.918. The zero-order valence-corrected chi connectivity index (χ0v) is 6.60. The molecule has 0 nitrogen and oxygen atoms in total. The Labute approximate surface area is 59.0 Å². The molecule has 0 radical (unpaired) electrons. The van der Waals surface area contributed by atoms with Crippen LogP contribution in [0, 0.1) is 46.9 Å². The second-order valence-electron chi connectivity index (χ2n) is 0.289. The van der Waals surface area contributed by atoms with Gasteiger partial charge in [-0.3, -0.25) is 0 Å². The van der Waals surface area contributed by atoms with Crippen LogP contribution < -0.4 is 0 Å². The summed E-state index contributed by atoms with van der Waals surface area (Å²) in [6.07, 6.45) is 1.50. The van der Waals surface area contributed by atoms with Gasteiger partial charge in [-0.2, -0.15) is 0 Å². The third kappa shape index (κ3) is 12.6. The second kappa shape index (κ2) is 9.05. The number of allylic oxidation sites excluding steroid dienone is 1. The third-order valence-corrected chi connectivity index (χ3v) is 0. The molecule has 0 rings (SSSR count). The molecule has 0 fully saturated rings. The first-order valence-electron chi connectivity index (χ1n) is 0.816.